The number of nitrogens with one attached hydrogen (secondary N) is 2. The van der Waals surface area contributed by atoms with Gasteiger partial charge in [-0.25, -0.2) is 22.9 Å². The number of aliphatic carboxylic acids is 1. The molecule has 0 radical (unpaired) electrons. The van der Waals surface area contributed by atoms with Gasteiger partial charge in [-0.05, 0) is 35.6 Å². The zero-order valence-corrected chi connectivity index (χ0v) is 22.7. The van der Waals surface area contributed by atoms with Crippen LogP contribution in [0.2, 0.25) is 0 Å². The van der Waals surface area contributed by atoms with Gasteiger partial charge >= 0.3 is 17.8 Å². The van der Waals surface area contributed by atoms with Crippen molar-refractivity contribution in [2.75, 3.05) is 5.32 Å². The molecule has 43 heavy (non-hydrogen) atoms. The Hall–Kier alpha value is -5.01. The summed E-state index contributed by atoms with van der Waals surface area (Å²) >= 11 is 0. The molecule has 1 heterocycles. The number of hydrogen-bond acceptors (Lipinski definition) is 5. The molecule has 0 bridgehead atoms. The van der Waals surface area contributed by atoms with Crippen LogP contribution in [0.5, 0.6) is 0 Å². The average molecular weight is 605 g/mol. The first-order valence-corrected chi connectivity index (χ1v) is 12.9. The number of halogens is 5. The van der Waals surface area contributed by atoms with Crippen molar-refractivity contribution in [1.82, 2.24) is 14.5 Å². The number of benzene rings is 3. The SMILES string of the molecule is CCC(Nc1cc(F)c(C(=O)N[C@@H](Cc2cccc3c(-n4c(=O)ccn(C)c4=O)cccc23)C(=O)O)c(F)c1)C(F)(F)F. The van der Waals surface area contributed by atoms with Crippen LogP contribution in [0.3, 0.4) is 0 Å². The Labute approximate surface area is 240 Å². The predicted octanol–water partition coefficient (Wildman–Crippen LogP) is 4.15. The molecule has 3 aromatic carbocycles. The van der Waals surface area contributed by atoms with E-state index in [2.05, 4.69) is 5.32 Å². The van der Waals surface area contributed by atoms with Crippen molar-refractivity contribution < 1.29 is 36.6 Å². The number of carboxylic acids is 1. The Morgan fingerprint density at radius 1 is 0.977 bits per heavy atom. The Morgan fingerprint density at radius 3 is 2.21 bits per heavy atom. The summed E-state index contributed by atoms with van der Waals surface area (Å²) in [4.78, 5) is 50.2. The van der Waals surface area contributed by atoms with E-state index in [1.165, 1.54) is 36.9 Å². The molecule has 4 aromatic rings. The Kier molecular flexibility index (Phi) is 8.69. The number of carboxylic acid groups (broad SMARTS) is 1. The second-order valence-corrected chi connectivity index (χ2v) is 9.70. The zero-order valence-electron chi connectivity index (χ0n) is 22.7. The van der Waals surface area contributed by atoms with Crippen LogP contribution in [-0.4, -0.2) is 44.4 Å². The van der Waals surface area contributed by atoms with Gasteiger partial charge in [-0.1, -0.05) is 37.3 Å². The molecule has 3 N–H and O–H groups in total. The molecule has 14 heteroatoms. The summed E-state index contributed by atoms with van der Waals surface area (Å²) in [5.74, 6) is -5.96. The fraction of sp³-hybridized carbons (Fsp3) is 0.241. The second-order valence-electron chi connectivity index (χ2n) is 9.70. The number of nitrogens with zero attached hydrogens (tertiary/aromatic N) is 2. The van der Waals surface area contributed by atoms with E-state index in [4.69, 9.17) is 0 Å². The van der Waals surface area contributed by atoms with Gasteiger partial charge in [0.1, 0.15) is 29.3 Å². The monoisotopic (exact) mass is 604 g/mol. The lowest BCUT2D eigenvalue weighted by Crippen LogP contribution is -2.43. The Bertz CT molecular complexity index is 1810. The van der Waals surface area contributed by atoms with Crippen molar-refractivity contribution in [3.8, 4) is 5.69 Å². The molecular formula is C29H25F5N4O5. The van der Waals surface area contributed by atoms with Gasteiger partial charge in [0.25, 0.3) is 11.5 Å². The molecule has 226 valence electrons. The fourth-order valence-electron chi connectivity index (χ4n) is 4.66. The minimum absolute atomic E-state index is 0.232. The molecule has 0 fully saturated rings. The average Bonchev–Trinajstić information content (AvgIpc) is 2.92. The van der Waals surface area contributed by atoms with Crippen molar-refractivity contribution in [3.63, 3.8) is 0 Å². The van der Waals surface area contributed by atoms with Gasteiger partial charge in [-0.3, -0.25) is 9.59 Å². The van der Waals surface area contributed by atoms with Crippen LogP contribution >= 0.6 is 0 Å². The highest BCUT2D eigenvalue weighted by atomic mass is 19.4. The van der Waals surface area contributed by atoms with Crippen molar-refractivity contribution in [2.45, 2.75) is 38.0 Å². The van der Waals surface area contributed by atoms with Gasteiger partial charge in [0.2, 0.25) is 0 Å². The van der Waals surface area contributed by atoms with E-state index in [1.54, 1.807) is 30.3 Å². The van der Waals surface area contributed by atoms with E-state index in [-0.39, 0.29) is 12.1 Å². The largest absolute Gasteiger partial charge is 0.480 e. The fourth-order valence-corrected chi connectivity index (χ4v) is 4.66. The van der Waals surface area contributed by atoms with E-state index in [9.17, 15) is 46.2 Å². The molecule has 9 nitrogen and oxygen atoms in total. The van der Waals surface area contributed by atoms with Crippen LogP contribution < -0.4 is 21.9 Å². The van der Waals surface area contributed by atoms with E-state index < -0.39 is 70.7 Å². The molecule has 0 aliphatic rings. The number of hydrogen-bond donors (Lipinski definition) is 3. The van der Waals surface area contributed by atoms with Crippen LogP contribution in [0.4, 0.5) is 27.6 Å². The quantitative estimate of drug-likeness (QED) is 0.247. The normalized spacial score (nSPS) is 13.0. The standard InChI is InChI=1S/C29H25F5N4O5/c1-3-23(29(32,33)34)35-16-13-19(30)25(20(31)14-16)26(40)36-21(27(41)42)12-15-6-4-8-18-17(15)7-5-9-22(18)38-24(39)10-11-37(2)28(38)43/h4-11,13-14,21,23,35H,3,12H2,1-2H3,(H,36,40)(H,41,42)/t21-,23?/m0/s1. The van der Waals surface area contributed by atoms with Gasteiger partial charge in [0.05, 0.1) is 5.69 Å². The minimum atomic E-state index is -4.69. The highest BCUT2D eigenvalue weighted by molar-refractivity contribution is 5.98. The van der Waals surface area contributed by atoms with E-state index in [0.717, 1.165) is 4.57 Å². The summed E-state index contributed by atoms with van der Waals surface area (Å²) in [6.45, 7) is 1.23. The number of alkyl halides is 3. The molecule has 1 unspecified atom stereocenters. The maximum atomic E-state index is 14.8. The number of carbonyl (C=O) groups excluding carboxylic acids is 1. The summed E-state index contributed by atoms with van der Waals surface area (Å²) in [5, 5.41) is 14.7. The van der Waals surface area contributed by atoms with E-state index in [0.29, 0.717) is 28.5 Å². The van der Waals surface area contributed by atoms with E-state index >= 15 is 0 Å². The third kappa shape index (κ3) is 6.42. The summed E-state index contributed by atoms with van der Waals surface area (Å²) in [6.07, 6.45) is -4.17. The molecule has 0 saturated heterocycles. The van der Waals surface area contributed by atoms with Gasteiger partial charge in [-0.2, -0.15) is 13.2 Å². The number of carbonyl (C=O) groups is 2. The topological polar surface area (TPSA) is 122 Å². The first kappa shape index (κ1) is 30.9. The number of anilines is 1. The summed E-state index contributed by atoms with van der Waals surface area (Å²) < 4.78 is 70.9. The summed E-state index contributed by atoms with van der Waals surface area (Å²) in [5.41, 5.74) is -2.33. The van der Waals surface area contributed by atoms with Gasteiger partial charge in [-0.15, -0.1) is 0 Å². The molecule has 4 rings (SSSR count). The minimum Gasteiger partial charge on any atom is -0.480 e. The third-order valence-corrected chi connectivity index (χ3v) is 6.83. The van der Waals surface area contributed by atoms with Crippen molar-refractivity contribution >= 4 is 28.3 Å². The maximum Gasteiger partial charge on any atom is 0.408 e. The van der Waals surface area contributed by atoms with Crippen LogP contribution in [0, 0.1) is 11.6 Å². The molecule has 0 saturated carbocycles. The highest BCUT2D eigenvalue weighted by Gasteiger charge is 2.38. The van der Waals surface area contributed by atoms with Crippen LogP contribution in [0.1, 0.15) is 29.3 Å². The third-order valence-electron chi connectivity index (χ3n) is 6.83. The number of rotatable bonds is 9. The summed E-state index contributed by atoms with van der Waals surface area (Å²) in [7, 11) is 1.47. The van der Waals surface area contributed by atoms with Gasteiger partial charge in [0.15, 0.2) is 0 Å². The number of amides is 1. The van der Waals surface area contributed by atoms with Crippen LogP contribution in [0.25, 0.3) is 16.5 Å². The van der Waals surface area contributed by atoms with Gasteiger partial charge < -0.3 is 20.3 Å². The number of aryl methyl sites for hydroxylation is 1. The summed E-state index contributed by atoms with van der Waals surface area (Å²) in [6, 6.07) is 7.87. The maximum absolute atomic E-state index is 14.8. The van der Waals surface area contributed by atoms with Crippen LogP contribution in [-0.2, 0) is 18.3 Å². The lowest BCUT2D eigenvalue weighted by molar-refractivity contribution is -0.143. The Morgan fingerprint density at radius 2 is 1.60 bits per heavy atom. The molecule has 2 atom stereocenters. The Balaban J connectivity index is 1.65. The molecule has 0 aliphatic heterocycles. The predicted molar refractivity (Wildman–Crippen MR) is 147 cm³/mol. The first-order chi connectivity index (χ1) is 20.2. The molecule has 1 aromatic heterocycles. The first-order valence-electron chi connectivity index (χ1n) is 12.9. The van der Waals surface area contributed by atoms with Crippen LogP contribution in [0.15, 0.2) is 70.4 Å². The zero-order chi connectivity index (χ0) is 31.6. The number of aromatic nitrogens is 2. The lowest BCUT2D eigenvalue weighted by Gasteiger charge is -2.22. The molecule has 0 spiro atoms. The van der Waals surface area contributed by atoms with Crippen molar-refractivity contribution in [3.05, 3.63) is 104 Å². The van der Waals surface area contributed by atoms with Crippen molar-refractivity contribution in [2.24, 2.45) is 7.05 Å². The molecular weight excluding hydrogens is 579 g/mol. The number of fused-ring (bicyclic) bond motifs is 1. The molecule has 0 aliphatic carbocycles. The van der Waals surface area contributed by atoms with Gasteiger partial charge in [0, 0.05) is 36.8 Å². The van der Waals surface area contributed by atoms with Crippen molar-refractivity contribution in [1.29, 1.82) is 0 Å². The smallest absolute Gasteiger partial charge is 0.408 e. The highest BCUT2D eigenvalue weighted by Crippen LogP contribution is 2.28. The lowest BCUT2D eigenvalue weighted by atomic mass is 9.97. The second kappa shape index (κ2) is 12.1. The molecule has 1 amide bonds. The van der Waals surface area contributed by atoms with E-state index in [1.807, 2.05) is 5.32 Å².